The second kappa shape index (κ2) is 6.25. The molecule has 2 aromatic rings. The predicted octanol–water partition coefficient (Wildman–Crippen LogP) is 2.91. The van der Waals surface area contributed by atoms with Crippen LogP contribution in [0, 0.1) is 11.7 Å². The van der Waals surface area contributed by atoms with E-state index in [9.17, 15) is 4.39 Å². The van der Waals surface area contributed by atoms with Gasteiger partial charge >= 0.3 is 0 Å². The van der Waals surface area contributed by atoms with Crippen LogP contribution < -0.4 is 5.32 Å². The number of nitrogens with one attached hydrogen (secondary N) is 1. The smallest absolute Gasteiger partial charge is 0.150 e. The molecule has 1 heterocycles. The van der Waals surface area contributed by atoms with Crippen LogP contribution in [0.4, 0.5) is 4.39 Å². The average molecular weight is 327 g/mol. The third-order valence-corrected chi connectivity index (χ3v) is 3.05. The molecule has 0 fully saturated rings. The van der Waals surface area contributed by atoms with Gasteiger partial charge in [-0.3, -0.25) is 0 Å². The second-order valence-electron chi connectivity index (χ2n) is 4.77. The first-order chi connectivity index (χ1) is 9.06. The van der Waals surface area contributed by atoms with Gasteiger partial charge in [0.1, 0.15) is 11.5 Å². The van der Waals surface area contributed by atoms with Crippen molar-refractivity contribution < 1.29 is 4.39 Å². The molecule has 0 aliphatic carbocycles. The fraction of sp³-hybridized carbons (Fsp3) is 0.385. The van der Waals surface area contributed by atoms with Crippen molar-refractivity contribution >= 4 is 15.9 Å². The summed E-state index contributed by atoms with van der Waals surface area (Å²) in [7, 11) is 0. The molecule has 0 unspecified atom stereocenters. The summed E-state index contributed by atoms with van der Waals surface area (Å²) in [6.45, 7) is 5.83. The van der Waals surface area contributed by atoms with Crippen molar-refractivity contribution in [1.82, 2.24) is 20.3 Å². The highest BCUT2D eigenvalue weighted by atomic mass is 79.9. The SMILES string of the molecule is CC(C)CNCc1cn(-c2ccc(Br)cc2F)nn1. The molecule has 0 saturated carbocycles. The van der Waals surface area contributed by atoms with E-state index in [0.717, 1.165) is 12.2 Å². The van der Waals surface area contributed by atoms with Crippen LogP contribution in [0.15, 0.2) is 28.9 Å². The molecule has 1 N–H and O–H groups in total. The lowest BCUT2D eigenvalue weighted by Crippen LogP contribution is -2.19. The summed E-state index contributed by atoms with van der Waals surface area (Å²) < 4.78 is 15.9. The first-order valence-electron chi connectivity index (χ1n) is 6.13. The van der Waals surface area contributed by atoms with Crippen LogP contribution in [0.3, 0.4) is 0 Å². The monoisotopic (exact) mass is 326 g/mol. The Kier molecular flexibility index (Phi) is 4.66. The molecule has 0 aliphatic heterocycles. The molecule has 0 radical (unpaired) electrons. The third-order valence-electron chi connectivity index (χ3n) is 2.56. The van der Waals surface area contributed by atoms with Gasteiger partial charge in [0.15, 0.2) is 0 Å². The lowest BCUT2D eigenvalue weighted by Gasteiger charge is -2.04. The van der Waals surface area contributed by atoms with Crippen LogP contribution >= 0.6 is 15.9 Å². The number of aromatic nitrogens is 3. The van der Waals surface area contributed by atoms with E-state index >= 15 is 0 Å². The van der Waals surface area contributed by atoms with Gasteiger partial charge in [0.25, 0.3) is 0 Å². The zero-order chi connectivity index (χ0) is 13.8. The van der Waals surface area contributed by atoms with Gasteiger partial charge in [0.05, 0.1) is 11.9 Å². The highest BCUT2D eigenvalue weighted by Gasteiger charge is 2.08. The summed E-state index contributed by atoms with van der Waals surface area (Å²) in [5, 5.41) is 11.2. The molecule has 0 spiro atoms. The Hall–Kier alpha value is -1.27. The highest BCUT2D eigenvalue weighted by Crippen LogP contribution is 2.18. The van der Waals surface area contributed by atoms with Gasteiger partial charge in [0, 0.05) is 11.0 Å². The van der Waals surface area contributed by atoms with E-state index in [2.05, 4.69) is 45.4 Å². The van der Waals surface area contributed by atoms with Crippen molar-refractivity contribution in [3.63, 3.8) is 0 Å². The minimum atomic E-state index is -0.332. The van der Waals surface area contributed by atoms with Crippen LogP contribution in [0.1, 0.15) is 19.5 Å². The van der Waals surface area contributed by atoms with Crippen molar-refractivity contribution in [1.29, 1.82) is 0 Å². The normalized spacial score (nSPS) is 11.2. The summed E-state index contributed by atoms with van der Waals surface area (Å²) >= 11 is 3.23. The maximum absolute atomic E-state index is 13.8. The van der Waals surface area contributed by atoms with Gasteiger partial charge in [-0.2, -0.15) is 0 Å². The largest absolute Gasteiger partial charge is 0.311 e. The van der Waals surface area contributed by atoms with Crippen molar-refractivity contribution in [3.8, 4) is 5.69 Å². The summed E-state index contributed by atoms with van der Waals surface area (Å²) in [4.78, 5) is 0. The van der Waals surface area contributed by atoms with Gasteiger partial charge in [0.2, 0.25) is 0 Å². The Morgan fingerprint density at radius 2 is 2.21 bits per heavy atom. The summed E-state index contributed by atoms with van der Waals surface area (Å²) in [5.41, 5.74) is 1.19. The highest BCUT2D eigenvalue weighted by molar-refractivity contribution is 9.10. The average Bonchev–Trinajstić information content (AvgIpc) is 2.77. The van der Waals surface area contributed by atoms with E-state index < -0.39 is 0 Å². The standard InChI is InChI=1S/C13H16BrFN4/c1-9(2)6-16-7-11-8-19(18-17-11)13-4-3-10(14)5-12(13)15/h3-5,8-9,16H,6-7H2,1-2H3. The quantitative estimate of drug-likeness (QED) is 0.918. The second-order valence-corrected chi connectivity index (χ2v) is 5.69. The molecule has 2 rings (SSSR count). The fourth-order valence-corrected chi connectivity index (χ4v) is 1.99. The molecule has 0 atom stereocenters. The number of rotatable bonds is 5. The van der Waals surface area contributed by atoms with Gasteiger partial charge < -0.3 is 5.32 Å². The predicted molar refractivity (Wildman–Crippen MR) is 75.6 cm³/mol. The van der Waals surface area contributed by atoms with Gasteiger partial charge in [-0.1, -0.05) is 35.0 Å². The van der Waals surface area contributed by atoms with E-state index in [1.807, 2.05) is 0 Å². The van der Waals surface area contributed by atoms with Crippen molar-refractivity contribution in [3.05, 3.63) is 40.4 Å². The molecule has 19 heavy (non-hydrogen) atoms. The maximum Gasteiger partial charge on any atom is 0.150 e. The van der Waals surface area contributed by atoms with Crippen LogP contribution in [-0.2, 0) is 6.54 Å². The molecule has 0 saturated heterocycles. The van der Waals surface area contributed by atoms with E-state index in [4.69, 9.17) is 0 Å². The Morgan fingerprint density at radius 3 is 2.89 bits per heavy atom. The molecule has 0 amide bonds. The van der Waals surface area contributed by atoms with E-state index in [1.165, 1.54) is 10.7 Å². The van der Waals surface area contributed by atoms with Crippen molar-refractivity contribution in [2.45, 2.75) is 20.4 Å². The Labute approximate surface area is 120 Å². The molecular weight excluding hydrogens is 311 g/mol. The lowest BCUT2D eigenvalue weighted by molar-refractivity contribution is 0.548. The van der Waals surface area contributed by atoms with Crippen molar-refractivity contribution in [2.24, 2.45) is 5.92 Å². The van der Waals surface area contributed by atoms with E-state index in [1.54, 1.807) is 18.3 Å². The Bertz CT molecular complexity index is 553. The third kappa shape index (κ3) is 3.84. The summed E-state index contributed by atoms with van der Waals surface area (Å²) in [6, 6.07) is 4.85. The molecule has 4 nitrogen and oxygen atoms in total. The van der Waals surface area contributed by atoms with Gasteiger partial charge in [-0.05, 0) is 30.7 Å². The fourth-order valence-electron chi connectivity index (χ4n) is 1.65. The number of hydrogen-bond acceptors (Lipinski definition) is 3. The lowest BCUT2D eigenvalue weighted by atomic mass is 10.2. The van der Waals surface area contributed by atoms with Crippen molar-refractivity contribution in [2.75, 3.05) is 6.54 Å². The molecular formula is C13H16BrFN4. The van der Waals surface area contributed by atoms with E-state index in [-0.39, 0.29) is 5.82 Å². The van der Waals surface area contributed by atoms with Gasteiger partial charge in [-0.15, -0.1) is 5.10 Å². The molecule has 0 bridgehead atoms. The Balaban J connectivity index is 2.08. The molecule has 6 heteroatoms. The first kappa shape index (κ1) is 14.1. The molecule has 1 aromatic carbocycles. The van der Waals surface area contributed by atoms with E-state index in [0.29, 0.717) is 22.6 Å². The number of hydrogen-bond donors (Lipinski definition) is 1. The zero-order valence-corrected chi connectivity index (χ0v) is 12.5. The minimum Gasteiger partial charge on any atom is -0.311 e. The van der Waals surface area contributed by atoms with Crippen LogP contribution in [0.2, 0.25) is 0 Å². The molecule has 0 aliphatic rings. The summed E-state index contributed by atoms with van der Waals surface area (Å²) in [5.74, 6) is 0.250. The first-order valence-corrected chi connectivity index (χ1v) is 6.93. The molecule has 102 valence electrons. The topological polar surface area (TPSA) is 42.7 Å². The minimum absolute atomic E-state index is 0.332. The number of benzene rings is 1. The number of nitrogens with zero attached hydrogens (tertiary/aromatic N) is 3. The van der Waals surface area contributed by atoms with Crippen LogP contribution in [0.25, 0.3) is 5.69 Å². The Morgan fingerprint density at radius 1 is 1.42 bits per heavy atom. The maximum atomic E-state index is 13.8. The molecule has 1 aromatic heterocycles. The summed E-state index contributed by atoms with van der Waals surface area (Å²) in [6.07, 6.45) is 1.74. The van der Waals surface area contributed by atoms with Gasteiger partial charge in [-0.25, -0.2) is 9.07 Å². The van der Waals surface area contributed by atoms with Crippen LogP contribution in [0.5, 0.6) is 0 Å². The zero-order valence-electron chi connectivity index (χ0n) is 10.9. The van der Waals surface area contributed by atoms with Crippen LogP contribution in [-0.4, -0.2) is 21.5 Å². The number of halogens is 2.